The number of rotatable bonds is 16. The highest BCUT2D eigenvalue weighted by Gasteiger charge is 2.33. The molecule has 5 aromatic carbocycles. The standard InChI is InChI=1S/C45H50N4O7/c1-49(28-41(52)35-11-6-13-37(51)24-35)27-38-25-42(32-20-18-30(29-50)19-21-32)56-45(55-38)36-12-5-10-34(23-36)33-9-4-8-31(22-33)26-47-43(53)16-7-17-44(54)48-40-15-3-2-14-39(40)46/h2-6,8-15,18-24,38,41-42,45,50-52H,7,16-17,25-29,46H2,1H3,(H,47,53)(H,48,54)/t38-,41+,42+,45+/m0/s1. The van der Waals surface area contributed by atoms with Gasteiger partial charge in [0, 0.05) is 44.5 Å². The molecule has 1 aliphatic heterocycles. The summed E-state index contributed by atoms with van der Waals surface area (Å²) in [5.74, 6) is -0.215. The van der Waals surface area contributed by atoms with E-state index in [1.165, 1.54) is 0 Å². The van der Waals surface area contributed by atoms with E-state index in [2.05, 4.69) is 16.7 Å². The van der Waals surface area contributed by atoms with Crippen LogP contribution in [0.2, 0.25) is 0 Å². The van der Waals surface area contributed by atoms with E-state index in [1.54, 1.807) is 48.5 Å². The van der Waals surface area contributed by atoms with E-state index in [-0.39, 0.29) is 49.2 Å². The number of hydrogen-bond acceptors (Lipinski definition) is 9. The minimum Gasteiger partial charge on any atom is -0.508 e. The van der Waals surface area contributed by atoms with Crippen LogP contribution in [0.25, 0.3) is 11.1 Å². The minimum atomic E-state index is -0.788. The number of likely N-dealkylation sites (N-methyl/N-ethyl adjacent to an activating group) is 1. The van der Waals surface area contributed by atoms with E-state index in [0.717, 1.165) is 33.4 Å². The van der Waals surface area contributed by atoms with Crippen LogP contribution in [-0.2, 0) is 32.2 Å². The second-order valence-electron chi connectivity index (χ2n) is 14.3. The molecule has 1 saturated heterocycles. The largest absolute Gasteiger partial charge is 0.508 e. The Kier molecular flexibility index (Phi) is 13.9. The van der Waals surface area contributed by atoms with E-state index >= 15 is 0 Å². The molecule has 11 nitrogen and oxygen atoms in total. The van der Waals surface area contributed by atoms with Crippen LogP contribution in [0.4, 0.5) is 11.4 Å². The number of aliphatic hydroxyl groups excluding tert-OH is 2. The molecule has 6 rings (SSSR count). The van der Waals surface area contributed by atoms with Crippen molar-refractivity contribution in [1.29, 1.82) is 0 Å². The van der Waals surface area contributed by atoms with Crippen molar-refractivity contribution in [3.8, 4) is 16.9 Å². The van der Waals surface area contributed by atoms with E-state index in [9.17, 15) is 24.9 Å². The maximum absolute atomic E-state index is 12.6. The summed E-state index contributed by atoms with van der Waals surface area (Å²) in [6, 6.07) is 37.5. The molecule has 11 heteroatoms. The van der Waals surface area contributed by atoms with Gasteiger partial charge in [-0.15, -0.1) is 0 Å². The number of ether oxygens (including phenoxy) is 2. The van der Waals surface area contributed by atoms with Crippen molar-refractivity contribution in [3.63, 3.8) is 0 Å². The Labute approximate surface area is 327 Å². The monoisotopic (exact) mass is 758 g/mol. The van der Waals surface area contributed by atoms with Crippen molar-refractivity contribution in [2.45, 2.75) is 63.4 Å². The topological polar surface area (TPSA) is 167 Å². The van der Waals surface area contributed by atoms with Crippen LogP contribution >= 0.6 is 0 Å². The summed E-state index contributed by atoms with van der Waals surface area (Å²) in [4.78, 5) is 27.0. The molecule has 0 aromatic heterocycles. The summed E-state index contributed by atoms with van der Waals surface area (Å²) < 4.78 is 13.2. The van der Waals surface area contributed by atoms with Gasteiger partial charge in [0.05, 0.1) is 36.3 Å². The molecule has 1 heterocycles. The lowest BCUT2D eigenvalue weighted by atomic mass is 9.98. The second-order valence-corrected chi connectivity index (χ2v) is 14.3. The van der Waals surface area contributed by atoms with E-state index in [4.69, 9.17) is 15.2 Å². The summed E-state index contributed by atoms with van der Waals surface area (Å²) in [5.41, 5.74) is 13.1. The predicted octanol–water partition coefficient (Wildman–Crippen LogP) is 6.77. The molecule has 0 unspecified atom stereocenters. The molecule has 292 valence electrons. The average molecular weight is 759 g/mol. The molecule has 0 spiro atoms. The number of aliphatic hydroxyl groups is 2. The molecular weight excluding hydrogens is 709 g/mol. The van der Waals surface area contributed by atoms with Crippen molar-refractivity contribution < 1.29 is 34.4 Å². The lowest BCUT2D eigenvalue weighted by Gasteiger charge is -2.38. The van der Waals surface area contributed by atoms with E-state index in [0.29, 0.717) is 49.4 Å². The number of carbonyl (C=O) groups excluding carboxylic acids is 2. The summed E-state index contributed by atoms with van der Waals surface area (Å²) >= 11 is 0. The Morgan fingerprint density at radius 3 is 2.32 bits per heavy atom. The molecule has 0 bridgehead atoms. The van der Waals surface area contributed by atoms with Crippen LogP contribution in [0, 0.1) is 0 Å². The number of benzene rings is 5. The molecule has 5 aromatic rings. The molecule has 1 aliphatic rings. The van der Waals surface area contributed by atoms with Crippen LogP contribution in [-0.4, -0.2) is 58.3 Å². The van der Waals surface area contributed by atoms with Gasteiger partial charge >= 0.3 is 0 Å². The van der Waals surface area contributed by atoms with E-state index < -0.39 is 12.4 Å². The molecule has 1 fully saturated rings. The molecule has 4 atom stereocenters. The fraction of sp³-hybridized carbons (Fsp3) is 0.289. The highest BCUT2D eigenvalue weighted by molar-refractivity contribution is 5.94. The quantitative estimate of drug-likeness (QED) is 0.0596. The fourth-order valence-electron chi connectivity index (χ4n) is 6.84. The van der Waals surface area contributed by atoms with Gasteiger partial charge in [-0.2, -0.15) is 0 Å². The number of phenolic OH excluding ortho intramolecular Hbond substituents is 1. The first-order valence-electron chi connectivity index (χ1n) is 18.9. The Morgan fingerprint density at radius 2 is 1.55 bits per heavy atom. The van der Waals surface area contributed by atoms with Crippen molar-refractivity contribution >= 4 is 23.2 Å². The lowest BCUT2D eigenvalue weighted by molar-refractivity contribution is -0.252. The molecule has 0 radical (unpaired) electrons. The molecule has 56 heavy (non-hydrogen) atoms. The van der Waals surface area contributed by atoms with Crippen LogP contribution in [0.15, 0.2) is 121 Å². The number of nitrogen functional groups attached to an aromatic ring is 1. The number of nitrogens with two attached hydrogens (primary N) is 1. The number of carbonyl (C=O) groups is 2. The smallest absolute Gasteiger partial charge is 0.224 e. The first kappa shape index (κ1) is 40.1. The summed E-state index contributed by atoms with van der Waals surface area (Å²) in [5, 5.41) is 36.1. The zero-order valence-electron chi connectivity index (χ0n) is 31.5. The van der Waals surface area contributed by atoms with Crippen molar-refractivity contribution in [2.24, 2.45) is 0 Å². The molecule has 0 saturated carbocycles. The zero-order chi connectivity index (χ0) is 39.4. The molecule has 2 amide bonds. The number of nitrogens with one attached hydrogen (secondary N) is 2. The van der Waals surface area contributed by atoms with Crippen LogP contribution in [0.5, 0.6) is 5.75 Å². The number of aromatic hydroxyl groups is 1. The third-order valence-electron chi connectivity index (χ3n) is 9.82. The number of amides is 2. The zero-order valence-corrected chi connectivity index (χ0v) is 31.5. The summed E-state index contributed by atoms with van der Waals surface area (Å²) in [7, 11) is 1.93. The first-order valence-corrected chi connectivity index (χ1v) is 18.9. The van der Waals surface area contributed by atoms with Gasteiger partial charge in [-0.1, -0.05) is 84.9 Å². The maximum atomic E-state index is 12.6. The third-order valence-corrected chi connectivity index (χ3v) is 9.82. The molecule has 7 N–H and O–H groups in total. The van der Waals surface area contributed by atoms with Crippen LogP contribution < -0.4 is 16.4 Å². The van der Waals surface area contributed by atoms with Crippen LogP contribution in [0.3, 0.4) is 0 Å². The Balaban J connectivity index is 1.08. The number of nitrogens with zero attached hydrogens (tertiary/aromatic N) is 1. The van der Waals surface area contributed by atoms with Gasteiger partial charge in [-0.3, -0.25) is 9.59 Å². The van der Waals surface area contributed by atoms with E-state index in [1.807, 2.05) is 78.7 Å². The summed E-state index contributed by atoms with van der Waals surface area (Å²) in [6.45, 7) is 1.18. The van der Waals surface area contributed by atoms with Gasteiger partial charge in [-0.05, 0) is 83.2 Å². The highest BCUT2D eigenvalue weighted by Crippen LogP contribution is 2.39. The van der Waals surface area contributed by atoms with Gasteiger partial charge in [0.25, 0.3) is 0 Å². The van der Waals surface area contributed by atoms with Crippen molar-refractivity contribution in [2.75, 3.05) is 31.2 Å². The number of para-hydroxylation sites is 2. The summed E-state index contributed by atoms with van der Waals surface area (Å²) in [6.07, 6.45) is -0.531. The average Bonchev–Trinajstić information content (AvgIpc) is 3.21. The van der Waals surface area contributed by atoms with Gasteiger partial charge in [0.15, 0.2) is 6.29 Å². The number of anilines is 2. The highest BCUT2D eigenvalue weighted by atomic mass is 16.7. The van der Waals surface area contributed by atoms with Gasteiger partial charge in [0.1, 0.15) is 5.75 Å². The van der Waals surface area contributed by atoms with Crippen LogP contribution in [0.1, 0.15) is 72.0 Å². The first-order chi connectivity index (χ1) is 27.1. The fourth-order valence-corrected chi connectivity index (χ4v) is 6.84. The van der Waals surface area contributed by atoms with Gasteiger partial charge in [0.2, 0.25) is 11.8 Å². The molecule has 0 aliphatic carbocycles. The SMILES string of the molecule is CN(C[C@@H]1C[C@H](c2ccc(CO)cc2)O[C@H](c2cccc(-c3cccc(CNC(=O)CCCC(=O)Nc4ccccc4N)c3)c2)O1)C[C@@H](O)c1cccc(O)c1. The minimum absolute atomic E-state index is 0.0426. The third kappa shape index (κ3) is 11.2. The van der Waals surface area contributed by atoms with Gasteiger partial charge in [-0.25, -0.2) is 0 Å². The Hall–Kier alpha value is -5.56. The number of hydrogen-bond donors (Lipinski definition) is 6. The maximum Gasteiger partial charge on any atom is 0.224 e. The Morgan fingerprint density at radius 1 is 0.821 bits per heavy atom. The Bertz CT molecular complexity index is 2070. The van der Waals surface area contributed by atoms with Crippen molar-refractivity contribution in [3.05, 3.63) is 149 Å². The number of phenols is 1. The normalized spacial score (nSPS) is 17.3. The predicted molar refractivity (Wildman–Crippen MR) is 216 cm³/mol. The van der Waals surface area contributed by atoms with Crippen molar-refractivity contribution in [1.82, 2.24) is 10.2 Å². The lowest BCUT2D eigenvalue weighted by Crippen LogP contribution is -2.39. The molecular formula is C45H50N4O7. The van der Waals surface area contributed by atoms with Gasteiger partial charge < -0.3 is 46.1 Å². The second kappa shape index (κ2) is 19.3.